The molecule has 0 saturated heterocycles. The van der Waals surface area contributed by atoms with E-state index in [2.05, 4.69) is 26.6 Å². The number of nitrogens with one attached hydrogen (secondary N) is 2. The number of rotatable bonds is 7. The smallest absolute Gasteiger partial charge is 0.253 e. The standard InChI is InChI=1S/C24H25BrN2O3/c1-15(2)22(27-23(28)20-6-4-5-7-21(20)25)24(29)26-14-16-8-9-18-13-19(30-3)11-10-17(18)12-16/h4-13,15,22H,14H2,1-3H3,(H,26,29)(H,27,28)/t22-/m1/s1. The van der Waals surface area contributed by atoms with Gasteiger partial charge in [-0.25, -0.2) is 0 Å². The molecule has 0 heterocycles. The Morgan fingerprint density at radius 3 is 2.40 bits per heavy atom. The second kappa shape index (κ2) is 9.76. The van der Waals surface area contributed by atoms with E-state index in [1.165, 1.54) is 0 Å². The summed E-state index contributed by atoms with van der Waals surface area (Å²) in [5, 5.41) is 7.95. The molecule has 0 bridgehead atoms. The Balaban J connectivity index is 1.67. The predicted octanol–water partition coefficient (Wildman–Crippen LogP) is 4.68. The molecule has 0 aliphatic heterocycles. The topological polar surface area (TPSA) is 67.4 Å². The van der Waals surface area contributed by atoms with Crippen molar-refractivity contribution in [3.8, 4) is 5.75 Å². The zero-order valence-electron chi connectivity index (χ0n) is 17.2. The van der Waals surface area contributed by atoms with Crippen molar-refractivity contribution in [2.75, 3.05) is 7.11 Å². The van der Waals surface area contributed by atoms with E-state index < -0.39 is 6.04 Å². The quantitative estimate of drug-likeness (QED) is 0.528. The van der Waals surface area contributed by atoms with Crippen LogP contribution in [0.1, 0.15) is 29.8 Å². The van der Waals surface area contributed by atoms with E-state index in [1.807, 2.05) is 56.3 Å². The van der Waals surface area contributed by atoms with Crippen molar-refractivity contribution >= 4 is 38.5 Å². The number of benzene rings is 3. The van der Waals surface area contributed by atoms with Gasteiger partial charge in [0, 0.05) is 11.0 Å². The summed E-state index contributed by atoms with van der Waals surface area (Å²) < 4.78 is 5.95. The normalized spacial score (nSPS) is 11.9. The van der Waals surface area contributed by atoms with E-state index in [4.69, 9.17) is 4.74 Å². The zero-order chi connectivity index (χ0) is 21.7. The molecule has 0 aromatic heterocycles. The van der Waals surface area contributed by atoms with E-state index in [9.17, 15) is 9.59 Å². The third-order valence-corrected chi connectivity index (χ3v) is 5.62. The highest BCUT2D eigenvalue weighted by atomic mass is 79.9. The number of halogens is 1. The molecule has 1 atom stereocenters. The molecule has 3 aromatic rings. The van der Waals surface area contributed by atoms with Gasteiger partial charge in [-0.2, -0.15) is 0 Å². The second-order valence-electron chi connectivity index (χ2n) is 7.44. The number of fused-ring (bicyclic) bond motifs is 1. The molecule has 3 rings (SSSR count). The predicted molar refractivity (Wildman–Crippen MR) is 123 cm³/mol. The lowest BCUT2D eigenvalue weighted by molar-refractivity contribution is -0.124. The summed E-state index contributed by atoms with van der Waals surface area (Å²) in [4.78, 5) is 25.4. The lowest BCUT2D eigenvalue weighted by Gasteiger charge is -2.22. The van der Waals surface area contributed by atoms with Crippen molar-refractivity contribution in [3.05, 3.63) is 76.3 Å². The lowest BCUT2D eigenvalue weighted by atomic mass is 10.0. The third kappa shape index (κ3) is 5.19. The molecular weight excluding hydrogens is 444 g/mol. The first-order chi connectivity index (χ1) is 14.4. The average Bonchev–Trinajstić information content (AvgIpc) is 2.75. The van der Waals surface area contributed by atoms with Gasteiger partial charge in [-0.05, 0) is 68.5 Å². The number of carbonyl (C=O) groups is 2. The summed E-state index contributed by atoms with van der Waals surface area (Å²) in [6.07, 6.45) is 0. The van der Waals surface area contributed by atoms with Gasteiger partial charge >= 0.3 is 0 Å². The Morgan fingerprint density at radius 1 is 1.00 bits per heavy atom. The monoisotopic (exact) mass is 468 g/mol. The lowest BCUT2D eigenvalue weighted by Crippen LogP contribution is -2.49. The Kier molecular flexibility index (Phi) is 7.11. The minimum Gasteiger partial charge on any atom is -0.497 e. The molecule has 156 valence electrons. The Bertz CT molecular complexity index is 1070. The Hall–Kier alpha value is -2.86. The maximum atomic E-state index is 12.8. The van der Waals surface area contributed by atoms with Gasteiger partial charge < -0.3 is 15.4 Å². The van der Waals surface area contributed by atoms with Gasteiger partial charge in [0.25, 0.3) is 5.91 Å². The van der Waals surface area contributed by atoms with Crippen LogP contribution >= 0.6 is 15.9 Å². The third-order valence-electron chi connectivity index (χ3n) is 4.93. The van der Waals surface area contributed by atoms with Crippen LogP contribution in [0.3, 0.4) is 0 Å². The molecule has 0 fully saturated rings. The fraction of sp³-hybridized carbons (Fsp3) is 0.250. The SMILES string of the molecule is COc1ccc2cc(CNC(=O)[C@H](NC(=O)c3ccccc3Br)C(C)C)ccc2c1. The fourth-order valence-corrected chi connectivity index (χ4v) is 3.67. The van der Waals surface area contributed by atoms with E-state index >= 15 is 0 Å². The summed E-state index contributed by atoms with van der Waals surface area (Å²) in [6, 6.07) is 18.4. The van der Waals surface area contributed by atoms with Gasteiger partial charge in [-0.15, -0.1) is 0 Å². The molecule has 6 heteroatoms. The maximum absolute atomic E-state index is 12.8. The van der Waals surface area contributed by atoms with Crippen molar-refractivity contribution in [2.24, 2.45) is 5.92 Å². The van der Waals surface area contributed by atoms with Gasteiger partial charge in [-0.3, -0.25) is 9.59 Å². The minimum absolute atomic E-state index is 0.0551. The largest absolute Gasteiger partial charge is 0.497 e. The summed E-state index contributed by atoms with van der Waals surface area (Å²) >= 11 is 3.38. The number of amides is 2. The van der Waals surface area contributed by atoms with Crippen molar-refractivity contribution in [1.29, 1.82) is 0 Å². The van der Waals surface area contributed by atoms with Crippen LogP contribution in [0.25, 0.3) is 10.8 Å². The first-order valence-electron chi connectivity index (χ1n) is 9.79. The van der Waals surface area contributed by atoms with Crippen molar-refractivity contribution in [1.82, 2.24) is 10.6 Å². The van der Waals surface area contributed by atoms with Crippen LogP contribution in [0.4, 0.5) is 0 Å². The Labute approximate surface area is 184 Å². The molecule has 0 unspecified atom stereocenters. The van der Waals surface area contributed by atoms with Crippen LogP contribution in [0.5, 0.6) is 5.75 Å². The summed E-state index contributed by atoms with van der Waals surface area (Å²) in [7, 11) is 1.64. The van der Waals surface area contributed by atoms with E-state index in [0.29, 0.717) is 16.6 Å². The Morgan fingerprint density at radius 2 is 1.70 bits per heavy atom. The van der Waals surface area contributed by atoms with Crippen LogP contribution in [0.2, 0.25) is 0 Å². The van der Waals surface area contributed by atoms with E-state index in [1.54, 1.807) is 25.3 Å². The van der Waals surface area contributed by atoms with E-state index in [-0.39, 0.29) is 17.7 Å². The fourth-order valence-electron chi connectivity index (χ4n) is 3.21. The molecule has 2 amide bonds. The van der Waals surface area contributed by atoms with Gasteiger partial charge in [0.1, 0.15) is 11.8 Å². The number of ether oxygens (including phenoxy) is 1. The highest BCUT2D eigenvalue weighted by Gasteiger charge is 2.25. The van der Waals surface area contributed by atoms with Crippen molar-refractivity contribution in [2.45, 2.75) is 26.4 Å². The maximum Gasteiger partial charge on any atom is 0.253 e. The second-order valence-corrected chi connectivity index (χ2v) is 8.29. The summed E-state index contributed by atoms with van der Waals surface area (Å²) in [6.45, 7) is 4.21. The van der Waals surface area contributed by atoms with Crippen LogP contribution in [-0.2, 0) is 11.3 Å². The molecule has 30 heavy (non-hydrogen) atoms. The van der Waals surface area contributed by atoms with Gasteiger partial charge in [-0.1, -0.05) is 44.2 Å². The van der Waals surface area contributed by atoms with Gasteiger partial charge in [0.15, 0.2) is 0 Å². The van der Waals surface area contributed by atoms with Gasteiger partial charge in [0.05, 0.1) is 12.7 Å². The molecule has 0 aliphatic carbocycles. The van der Waals surface area contributed by atoms with Crippen LogP contribution < -0.4 is 15.4 Å². The van der Waals surface area contributed by atoms with Crippen LogP contribution in [0, 0.1) is 5.92 Å². The molecule has 0 saturated carbocycles. The first-order valence-corrected chi connectivity index (χ1v) is 10.6. The molecule has 5 nitrogen and oxygen atoms in total. The van der Waals surface area contributed by atoms with Crippen LogP contribution in [-0.4, -0.2) is 25.0 Å². The van der Waals surface area contributed by atoms with Gasteiger partial charge in [0.2, 0.25) is 5.91 Å². The highest BCUT2D eigenvalue weighted by molar-refractivity contribution is 9.10. The van der Waals surface area contributed by atoms with Crippen molar-refractivity contribution < 1.29 is 14.3 Å². The molecular formula is C24H25BrN2O3. The summed E-state index contributed by atoms with van der Waals surface area (Å²) in [5.41, 5.74) is 1.49. The molecule has 2 N–H and O–H groups in total. The highest BCUT2D eigenvalue weighted by Crippen LogP contribution is 2.22. The van der Waals surface area contributed by atoms with Crippen LogP contribution in [0.15, 0.2) is 65.1 Å². The number of carbonyl (C=O) groups excluding carboxylic acids is 2. The molecule has 0 aliphatic rings. The number of hydrogen-bond donors (Lipinski definition) is 2. The molecule has 3 aromatic carbocycles. The zero-order valence-corrected chi connectivity index (χ0v) is 18.8. The molecule has 0 spiro atoms. The van der Waals surface area contributed by atoms with E-state index in [0.717, 1.165) is 22.1 Å². The minimum atomic E-state index is -0.630. The first kappa shape index (κ1) is 21.8. The number of hydrogen-bond acceptors (Lipinski definition) is 3. The summed E-state index contributed by atoms with van der Waals surface area (Å²) in [5.74, 6) is 0.265. The molecule has 0 radical (unpaired) electrons. The number of methoxy groups -OCH3 is 1. The average molecular weight is 469 g/mol. The van der Waals surface area contributed by atoms with Crippen molar-refractivity contribution in [3.63, 3.8) is 0 Å².